The van der Waals surface area contributed by atoms with Crippen LogP contribution in [0, 0.1) is 50.2 Å². The van der Waals surface area contributed by atoms with E-state index in [4.69, 9.17) is 0 Å². The maximum atomic E-state index is 14.3. The smallest absolute Gasteiger partial charge is 0.303 e. The molecule has 0 aromatic carbocycles. The molecule has 2 N–H and O–H groups in total. The van der Waals surface area contributed by atoms with E-state index >= 15 is 0 Å². The predicted octanol–water partition coefficient (Wildman–Crippen LogP) is 6.80. The number of fused-ring (bicyclic) bond motifs is 7. The number of rotatable bonds is 2. The highest BCUT2D eigenvalue weighted by atomic mass is 16.4. The van der Waals surface area contributed by atoms with Crippen LogP contribution in [-0.2, 0) is 9.59 Å². The van der Waals surface area contributed by atoms with Crippen molar-refractivity contribution in [1.82, 2.24) is 0 Å². The summed E-state index contributed by atoms with van der Waals surface area (Å²) in [5.74, 6) is 0.239. The van der Waals surface area contributed by atoms with Gasteiger partial charge in [-0.1, -0.05) is 54.0 Å². The highest BCUT2D eigenvalue weighted by Crippen LogP contribution is 2.75. The zero-order valence-electron chi connectivity index (χ0n) is 23.2. The van der Waals surface area contributed by atoms with Crippen molar-refractivity contribution in [3.8, 4) is 0 Å². The molecular weight excluding hydrogens is 436 g/mol. The summed E-state index contributed by atoms with van der Waals surface area (Å²) >= 11 is 0. The number of carboxylic acid groups (broad SMARTS) is 1. The lowest BCUT2D eigenvalue weighted by atomic mass is 9.33. The van der Waals surface area contributed by atoms with Crippen molar-refractivity contribution in [3.63, 3.8) is 0 Å². The van der Waals surface area contributed by atoms with Gasteiger partial charge in [-0.15, -0.1) is 0 Å². The molecule has 0 bridgehead atoms. The van der Waals surface area contributed by atoms with Gasteiger partial charge in [0, 0.05) is 5.92 Å². The molecule has 0 saturated heterocycles. The number of aliphatic hydroxyl groups excluding tert-OH is 1. The van der Waals surface area contributed by atoms with Crippen LogP contribution in [0.4, 0.5) is 0 Å². The molecule has 0 unspecified atom stereocenters. The summed E-state index contributed by atoms with van der Waals surface area (Å²) in [7, 11) is 0. The normalized spacial score (nSPS) is 52.9. The molecule has 5 rings (SSSR count). The lowest BCUT2D eigenvalue weighted by Crippen LogP contribution is -2.66. The molecule has 0 aromatic heterocycles. The van der Waals surface area contributed by atoms with Crippen molar-refractivity contribution in [3.05, 3.63) is 11.6 Å². The van der Waals surface area contributed by atoms with Crippen LogP contribution in [0.15, 0.2) is 11.6 Å². The van der Waals surface area contributed by atoms with E-state index in [0.717, 1.165) is 57.8 Å². The third-order valence-electron chi connectivity index (χ3n) is 13.2. The molecule has 4 saturated carbocycles. The number of carbonyl (C=O) groups excluding carboxylic acids is 1. The van der Waals surface area contributed by atoms with Crippen molar-refractivity contribution >= 4 is 11.8 Å². The number of carboxylic acids is 1. The average molecular weight is 485 g/mol. The van der Waals surface area contributed by atoms with E-state index in [1.807, 2.05) is 0 Å². The fourth-order valence-corrected chi connectivity index (χ4v) is 10.8. The minimum Gasteiger partial charge on any atom is -0.481 e. The summed E-state index contributed by atoms with van der Waals surface area (Å²) < 4.78 is 0. The highest BCUT2D eigenvalue weighted by Gasteiger charge is 2.70. The molecule has 0 heterocycles. The van der Waals surface area contributed by atoms with Crippen molar-refractivity contribution in [2.24, 2.45) is 50.2 Å². The topological polar surface area (TPSA) is 74.6 Å². The molecular formula is C31H48O4. The Balaban J connectivity index is 1.59. The van der Waals surface area contributed by atoms with Crippen molar-refractivity contribution < 1.29 is 19.8 Å². The Bertz CT molecular complexity index is 980. The van der Waals surface area contributed by atoms with Gasteiger partial charge in [0.25, 0.3) is 0 Å². The number of allylic oxidation sites excluding steroid dienone is 2. The number of hydrogen-bond donors (Lipinski definition) is 2. The first-order chi connectivity index (χ1) is 16.0. The first kappa shape index (κ1) is 25.5. The van der Waals surface area contributed by atoms with Gasteiger partial charge >= 0.3 is 5.97 Å². The summed E-state index contributed by atoms with van der Waals surface area (Å²) in [4.78, 5) is 26.0. The van der Waals surface area contributed by atoms with Crippen LogP contribution in [0.5, 0.6) is 0 Å². The van der Waals surface area contributed by atoms with E-state index < -0.39 is 5.97 Å². The Morgan fingerprint density at radius 2 is 1.60 bits per heavy atom. The molecule has 9 atom stereocenters. The quantitative estimate of drug-likeness (QED) is 0.452. The van der Waals surface area contributed by atoms with E-state index in [1.54, 1.807) is 0 Å². The van der Waals surface area contributed by atoms with Gasteiger partial charge in [0.15, 0.2) is 5.78 Å². The van der Waals surface area contributed by atoms with Crippen LogP contribution in [-0.4, -0.2) is 28.1 Å². The number of carbonyl (C=O) groups is 2. The van der Waals surface area contributed by atoms with E-state index in [1.165, 1.54) is 5.57 Å². The monoisotopic (exact) mass is 484 g/mol. The number of ketones is 1. The van der Waals surface area contributed by atoms with Crippen LogP contribution >= 0.6 is 0 Å². The number of aliphatic hydroxyl groups is 1. The summed E-state index contributed by atoms with van der Waals surface area (Å²) in [5, 5.41) is 20.5. The number of aliphatic carboxylic acids is 1. The second-order valence-electron chi connectivity index (χ2n) is 15.4. The molecule has 4 nitrogen and oxygen atoms in total. The van der Waals surface area contributed by atoms with Crippen molar-refractivity contribution in [2.75, 3.05) is 0 Å². The molecule has 4 fully saturated rings. The molecule has 5 aliphatic rings. The van der Waals surface area contributed by atoms with Crippen LogP contribution in [0.2, 0.25) is 0 Å². The van der Waals surface area contributed by atoms with Crippen molar-refractivity contribution in [1.29, 1.82) is 0 Å². The summed E-state index contributed by atoms with van der Waals surface area (Å²) in [6.07, 6.45) is 11.0. The van der Waals surface area contributed by atoms with E-state index in [-0.39, 0.29) is 56.9 Å². The lowest BCUT2D eigenvalue weighted by Gasteiger charge is -2.70. The van der Waals surface area contributed by atoms with Gasteiger partial charge in [-0.3, -0.25) is 9.59 Å². The Labute approximate surface area is 212 Å². The van der Waals surface area contributed by atoms with Gasteiger partial charge < -0.3 is 10.2 Å². The molecule has 0 aromatic rings. The van der Waals surface area contributed by atoms with Gasteiger partial charge in [0.2, 0.25) is 0 Å². The maximum Gasteiger partial charge on any atom is 0.303 e. The summed E-state index contributed by atoms with van der Waals surface area (Å²) in [5.41, 5.74) is 0.901. The second kappa shape index (κ2) is 7.45. The van der Waals surface area contributed by atoms with Crippen molar-refractivity contribution in [2.45, 2.75) is 119 Å². The van der Waals surface area contributed by atoms with Gasteiger partial charge in [-0.25, -0.2) is 0 Å². The molecule has 0 radical (unpaired) electrons. The largest absolute Gasteiger partial charge is 0.481 e. The second-order valence-corrected chi connectivity index (χ2v) is 15.4. The molecule has 0 amide bonds. The van der Waals surface area contributed by atoms with E-state index in [9.17, 15) is 19.8 Å². The fourth-order valence-electron chi connectivity index (χ4n) is 10.8. The molecule has 0 aliphatic heterocycles. The molecule has 196 valence electrons. The average Bonchev–Trinajstić information content (AvgIpc) is 2.73. The van der Waals surface area contributed by atoms with Crippen LogP contribution in [0.3, 0.4) is 0 Å². The standard InChI is InChI=1S/C31H48O4/c1-26(2)22-8-11-31(7)25(29(22,5)10-9-23(26)33)21(32)16-19-20-17-27(3,18-24(34)35)12-13-28(20,4)14-15-30(19,31)6/h16,20,22-23,25,33H,8-15,17-18H2,1-7H3,(H,34,35)/t20-,22-,23-,25+,27-,28+,29-,30+,31+/m0/s1. The summed E-state index contributed by atoms with van der Waals surface area (Å²) in [6.45, 7) is 16.2. The molecule has 35 heavy (non-hydrogen) atoms. The SMILES string of the molecule is CC1(C)[C@@H](O)CC[C@]2(C)[C@H]3C(=O)C=C4[C@@H]5C[C@@](C)(CC(=O)O)CC[C@]5(C)CC[C@@]4(C)[C@]3(C)CC[C@@H]12. The number of hydrogen-bond acceptors (Lipinski definition) is 3. The first-order valence-electron chi connectivity index (χ1n) is 14.2. The fraction of sp³-hybridized carbons (Fsp3) is 0.871. The van der Waals surface area contributed by atoms with Crippen LogP contribution in [0.1, 0.15) is 113 Å². The maximum absolute atomic E-state index is 14.3. The Hall–Kier alpha value is -1.16. The van der Waals surface area contributed by atoms with Gasteiger partial charge in [0.1, 0.15) is 0 Å². The zero-order chi connectivity index (χ0) is 25.8. The zero-order valence-corrected chi connectivity index (χ0v) is 23.2. The predicted molar refractivity (Wildman–Crippen MR) is 138 cm³/mol. The minimum absolute atomic E-state index is 0.00683. The Morgan fingerprint density at radius 1 is 0.943 bits per heavy atom. The Kier molecular flexibility index (Phi) is 5.43. The van der Waals surface area contributed by atoms with E-state index in [2.05, 4.69) is 54.5 Å². The lowest BCUT2D eigenvalue weighted by molar-refractivity contribution is -0.202. The van der Waals surface area contributed by atoms with E-state index in [0.29, 0.717) is 11.7 Å². The van der Waals surface area contributed by atoms with Gasteiger partial charge in [0.05, 0.1) is 12.5 Å². The third kappa shape index (κ3) is 3.26. The summed E-state index contributed by atoms with van der Waals surface area (Å²) in [6, 6.07) is 0. The minimum atomic E-state index is -0.705. The Morgan fingerprint density at radius 3 is 2.26 bits per heavy atom. The van der Waals surface area contributed by atoms with Gasteiger partial charge in [-0.05, 0) is 108 Å². The molecule has 4 heteroatoms. The van der Waals surface area contributed by atoms with Crippen LogP contribution < -0.4 is 0 Å². The van der Waals surface area contributed by atoms with Crippen LogP contribution in [0.25, 0.3) is 0 Å². The van der Waals surface area contributed by atoms with Gasteiger partial charge in [-0.2, -0.15) is 0 Å². The molecule has 5 aliphatic carbocycles. The highest BCUT2D eigenvalue weighted by molar-refractivity contribution is 5.95. The third-order valence-corrected chi connectivity index (χ3v) is 13.2. The molecule has 0 spiro atoms. The first-order valence-corrected chi connectivity index (χ1v) is 14.2.